The van der Waals surface area contributed by atoms with E-state index >= 15 is 0 Å². The molecule has 1 heterocycles. The van der Waals surface area contributed by atoms with Crippen molar-refractivity contribution in [3.05, 3.63) is 60.4 Å². The van der Waals surface area contributed by atoms with Gasteiger partial charge in [-0.2, -0.15) is 0 Å². The van der Waals surface area contributed by atoms with E-state index in [1.165, 1.54) is 0 Å². The summed E-state index contributed by atoms with van der Waals surface area (Å²) >= 11 is 0. The van der Waals surface area contributed by atoms with Crippen LogP contribution in [0.25, 0.3) is 11.0 Å². The minimum atomic E-state index is 0.824. The third-order valence-corrected chi connectivity index (χ3v) is 2.59. The monoisotopic (exact) mass is 224 g/mol. The highest BCUT2D eigenvalue weighted by Crippen LogP contribution is 2.27. The van der Waals surface area contributed by atoms with Gasteiger partial charge in [0, 0.05) is 5.39 Å². The molecule has 3 aromatic rings. The number of hydrogen-bond acceptors (Lipinski definition) is 2. The molecule has 0 saturated heterocycles. The summed E-state index contributed by atoms with van der Waals surface area (Å²) in [4.78, 5) is 0. The van der Waals surface area contributed by atoms with E-state index in [4.69, 9.17) is 9.15 Å². The second-order valence-corrected chi connectivity index (χ2v) is 3.97. The molecule has 0 N–H and O–H groups in total. The molecule has 0 fully saturated rings. The maximum Gasteiger partial charge on any atom is 0.134 e. The van der Waals surface area contributed by atoms with Crippen molar-refractivity contribution in [2.24, 2.45) is 0 Å². The summed E-state index contributed by atoms with van der Waals surface area (Å²) in [5, 5.41) is 1.07. The van der Waals surface area contributed by atoms with Crippen LogP contribution in [0.15, 0.2) is 59.0 Å². The van der Waals surface area contributed by atoms with Gasteiger partial charge in [0.1, 0.15) is 22.8 Å². The number of ether oxygens (including phenoxy) is 1. The summed E-state index contributed by atoms with van der Waals surface area (Å²) < 4.78 is 11.3. The van der Waals surface area contributed by atoms with Gasteiger partial charge < -0.3 is 9.15 Å². The predicted molar refractivity (Wildman–Crippen MR) is 67.5 cm³/mol. The zero-order valence-corrected chi connectivity index (χ0v) is 9.51. The molecule has 2 aromatic carbocycles. The van der Waals surface area contributed by atoms with Gasteiger partial charge in [-0.05, 0) is 43.3 Å². The Labute approximate surface area is 99.4 Å². The van der Waals surface area contributed by atoms with E-state index in [9.17, 15) is 0 Å². The minimum Gasteiger partial charge on any atom is -0.461 e. The molecule has 2 heteroatoms. The molecule has 0 amide bonds. The SMILES string of the molecule is Cc1cc2cc(Oc3ccccc3)ccc2o1. The van der Waals surface area contributed by atoms with Gasteiger partial charge in [-0.1, -0.05) is 18.2 Å². The lowest BCUT2D eigenvalue weighted by atomic mass is 10.2. The quantitative estimate of drug-likeness (QED) is 0.638. The molecule has 3 rings (SSSR count). The average molecular weight is 224 g/mol. The van der Waals surface area contributed by atoms with Gasteiger partial charge in [-0.15, -0.1) is 0 Å². The van der Waals surface area contributed by atoms with Crippen LogP contribution < -0.4 is 4.74 Å². The van der Waals surface area contributed by atoms with Crippen LogP contribution in [0.2, 0.25) is 0 Å². The number of para-hydroxylation sites is 1. The van der Waals surface area contributed by atoms with Crippen LogP contribution in [0.4, 0.5) is 0 Å². The summed E-state index contributed by atoms with van der Waals surface area (Å²) in [6, 6.07) is 17.6. The van der Waals surface area contributed by atoms with Gasteiger partial charge in [-0.3, -0.25) is 0 Å². The summed E-state index contributed by atoms with van der Waals surface area (Å²) in [5.41, 5.74) is 0.892. The Hall–Kier alpha value is -2.22. The molecule has 0 saturated carbocycles. The maximum absolute atomic E-state index is 5.75. The summed E-state index contributed by atoms with van der Waals surface area (Å²) in [6.45, 7) is 1.94. The Kier molecular flexibility index (Phi) is 2.33. The summed E-state index contributed by atoms with van der Waals surface area (Å²) in [7, 11) is 0. The van der Waals surface area contributed by atoms with Gasteiger partial charge in [0.15, 0.2) is 0 Å². The highest BCUT2D eigenvalue weighted by atomic mass is 16.5. The first-order chi connectivity index (χ1) is 8.31. The van der Waals surface area contributed by atoms with Crippen LogP contribution in [0.1, 0.15) is 5.76 Å². The van der Waals surface area contributed by atoms with E-state index in [-0.39, 0.29) is 0 Å². The lowest BCUT2D eigenvalue weighted by Gasteiger charge is -2.04. The molecule has 0 aliphatic heterocycles. The average Bonchev–Trinajstić information content (AvgIpc) is 2.70. The number of fused-ring (bicyclic) bond motifs is 1. The molecule has 0 radical (unpaired) electrons. The van der Waals surface area contributed by atoms with E-state index in [2.05, 4.69) is 0 Å². The molecule has 0 spiro atoms. The third-order valence-electron chi connectivity index (χ3n) is 2.59. The van der Waals surface area contributed by atoms with Gasteiger partial charge in [0.05, 0.1) is 0 Å². The van der Waals surface area contributed by atoms with Crippen molar-refractivity contribution in [1.82, 2.24) is 0 Å². The van der Waals surface area contributed by atoms with Crippen molar-refractivity contribution in [2.75, 3.05) is 0 Å². The van der Waals surface area contributed by atoms with Crippen molar-refractivity contribution in [3.63, 3.8) is 0 Å². The van der Waals surface area contributed by atoms with Crippen LogP contribution in [0.3, 0.4) is 0 Å². The molecule has 0 aliphatic rings. The molecule has 84 valence electrons. The van der Waals surface area contributed by atoms with Crippen LogP contribution in [-0.2, 0) is 0 Å². The molecule has 1 aromatic heterocycles. The fourth-order valence-electron chi connectivity index (χ4n) is 1.84. The zero-order chi connectivity index (χ0) is 11.7. The predicted octanol–water partition coefficient (Wildman–Crippen LogP) is 4.53. The molecular formula is C15H12O2. The Balaban J connectivity index is 1.95. The number of hydrogen-bond donors (Lipinski definition) is 0. The third kappa shape index (κ3) is 2.02. The Bertz CT molecular complexity index is 638. The zero-order valence-electron chi connectivity index (χ0n) is 9.51. The molecule has 2 nitrogen and oxygen atoms in total. The Morgan fingerprint density at radius 2 is 1.71 bits per heavy atom. The smallest absolute Gasteiger partial charge is 0.134 e. The van der Waals surface area contributed by atoms with Crippen molar-refractivity contribution >= 4 is 11.0 Å². The lowest BCUT2D eigenvalue weighted by molar-refractivity contribution is 0.483. The summed E-state index contributed by atoms with van der Waals surface area (Å²) in [5.74, 6) is 2.58. The largest absolute Gasteiger partial charge is 0.461 e. The van der Waals surface area contributed by atoms with Crippen molar-refractivity contribution in [2.45, 2.75) is 6.92 Å². The molecular weight excluding hydrogens is 212 g/mol. The lowest BCUT2D eigenvalue weighted by Crippen LogP contribution is -1.82. The minimum absolute atomic E-state index is 0.824. The molecule has 0 atom stereocenters. The first kappa shape index (κ1) is 9.97. The van der Waals surface area contributed by atoms with Crippen LogP contribution in [-0.4, -0.2) is 0 Å². The fourth-order valence-corrected chi connectivity index (χ4v) is 1.84. The number of furan rings is 1. The summed E-state index contributed by atoms with van der Waals surface area (Å²) in [6.07, 6.45) is 0. The standard InChI is InChI=1S/C15H12O2/c1-11-9-12-10-14(7-8-15(12)16-11)17-13-5-3-2-4-6-13/h2-10H,1H3. The fraction of sp³-hybridized carbons (Fsp3) is 0.0667. The van der Waals surface area contributed by atoms with Crippen molar-refractivity contribution in [3.8, 4) is 11.5 Å². The van der Waals surface area contributed by atoms with Gasteiger partial charge >= 0.3 is 0 Å². The topological polar surface area (TPSA) is 22.4 Å². The van der Waals surface area contributed by atoms with E-state index < -0.39 is 0 Å². The van der Waals surface area contributed by atoms with Crippen molar-refractivity contribution < 1.29 is 9.15 Å². The molecule has 0 bridgehead atoms. The molecule has 0 aliphatic carbocycles. The van der Waals surface area contributed by atoms with E-state index in [1.54, 1.807) is 0 Å². The van der Waals surface area contributed by atoms with Gasteiger partial charge in [-0.25, -0.2) is 0 Å². The van der Waals surface area contributed by atoms with E-state index in [1.807, 2.05) is 61.5 Å². The molecule has 0 unspecified atom stereocenters. The van der Waals surface area contributed by atoms with Gasteiger partial charge in [0.2, 0.25) is 0 Å². The normalized spacial score (nSPS) is 10.6. The number of rotatable bonds is 2. The van der Waals surface area contributed by atoms with E-state index in [0.29, 0.717) is 0 Å². The second-order valence-electron chi connectivity index (χ2n) is 3.97. The highest BCUT2D eigenvalue weighted by Gasteiger charge is 2.02. The first-order valence-corrected chi connectivity index (χ1v) is 5.54. The van der Waals surface area contributed by atoms with Crippen LogP contribution in [0, 0.1) is 6.92 Å². The molecule has 17 heavy (non-hydrogen) atoms. The van der Waals surface area contributed by atoms with Crippen molar-refractivity contribution in [1.29, 1.82) is 0 Å². The number of aryl methyl sites for hydroxylation is 1. The first-order valence-electron chi connectivity index (χ1n) is 5.54. The highest BCUT2D eigenvalue weighted by molar-refractivity contribution is 5.79. The van der Waals surface area contributed by atoms with Crippen LogP contribution >= 0.6 is 0 Å². The van der Waals surface area contributed by atoms with Crippen LogP contribution in [0.5, 0.6) is 11.5 Å². The maximum atomic E-state index is 5.75. The number of benzene rings is 2. The second kappa shape index (κ2) is 3.98. The Morgan fingerprint density at radius 3 is 2.53 bits per heavy atom. The Morgan fingerprint density at radius 1 is 0.882 bits per heavy atom. The van der Waals surface area contributed by atoms with E-state index in [0.717, 1.165) is 28.2 Å². The van der Waals surface area contributed by atoms with Gasteiger partial charge in [0.25, 0.3) is 0 Å².